The first-order chi connectivity index (χ1) is 15.7. The van der Waals surface area contributed by atoms with Crippen LogP contribution in [0.1, 0.15) is 26.5 Å². The largest absolute Gasteiger partial charge is 0.494 e. The van der Waals surface area contributed by atoms with E-state index >= 15 is 0 Å². The van der Waals surface area contributed by atoms with E-state index in [0.29, 0.717) is 5.01 Å². The number of piperazine rings is 1. The van der Waals surface area contributed by atoms with Gasteiger partial charge in [-0.15, -0.1) is 0 Å². The van der Waals surface area contributed by atoms with Crippen molar-refractivity contribution in [3.63, 3.8) is 0 Å². The van der Waals surface area contributed by atoms with Gasteiger partial charge in [-0.3, -0.25) is 0 Å². The summed E-state index contributed by atoms with van der Waals surface area (Å²) in [5.41, 5.74) is -0.355. The number of carbonyl (C=O) groups excluding carboxylic acids is 2. The van der Waals surface area contributed by atoms with E-state index in [1.807, 2.05) is 0 Å². The Morgan fingerprint density at radius 3 is 2.38 bits per heavy atom. The molecular formula is C19H26F3N5O7. The number of aliphatic hydroxyl groups is 1. The predicted molar refractivity (Wildman–Crippen MR) is 110 cm³/mol. The maximum Gasteiger partial charge on any atom is 0.437 e. The Kier molecular flexibility index (Phi) is 8.02. The summed E-state index contributed by atoms with van der Waals surface area (Å²) in [7, 11) is 1.02. The molecule has 0 bridgehead atoms. The Balaban J connectivity index is 2.47. The van der Waals surface area contributed by atoms with Gasteiger partial charge in [-0.1, -0.05) is 0 Å². The van der Waals surface area contributed by atoms with Crippen LogP contribution in [0, 0.1) is 0 Å². The fraction of sp³-hybridized carbons (Fsp3) is 0.579. The van der Waals surface area contributed by atoms with E-state index < -0.39 is 59.9 Å². The van der Waals surface area contributed by atoms with Crippen molar-refractivity contribution in [3.05, 3.63) is 17.8 Å². The van der Waals surface area contributed by atoms with Gasteiger partial charge in [0.2, 0.25) is 0 Å². The molecule has 1 aliphatic rings. The summed E-state index contributed by atoms with van der Waals surface area (Å²) >= 11 is 0. The van der Waals surface area contributed by atoms with Crippen LogP contribution in [0.4, 0.5) is 33.4 Å². The molecule has 2 rings (SSSR count). The molecule has 0 aromatic carbocycles. The zero-order valence-electron chi connectivity index (χ0n) is 18.9. The fourth-order valence-electron chi connectivity index (χ4n) is 3.09. The van der Waals surface area contributed by atoms with Crippen molar-refractivity contribution in [3.8, 4) is 5.75 Å². The summed E-state index contributed by atoms with van der Waals surface area (Å²) in [4.78, 5) is 42.4. The third-order valence-electron chi connectivity index (χ3n) is 4.56. The standard InChI is InChI=1S/C19H26F3N5O7/c1-18(2,3)34-15(29)24-27(13-6-5-12(33-4)14(23-13)19(20,21)22)16(30)26-8-7-25(17(31)32)9-11(26)10-28/h5-6,11,28H,7-10H2,1-4H3,(H,24,29)(H,31,32). The topological polar surface area (TPSA) is 145 Å². The van der Waals surface area contributed by atoms with Gasteiger partial charge < -0.3 is 29.5 Å². The number of nitrogens with one attached hydrogen (secondary N) is 1. The van der Waals surface area contributed by atoms with Crippen molar-refractivity contribution in [2.24, 2.45) is 0 Å². The first-order valence-electron chi connectivity index (χ1n) is 9.99. The molecule has 0 saturated carbocycles. The molecule has 1 aliphatic heterocycles. The number of aliphatic hydroxyl groups excluding tert-OH is 1. The Bertz CT molecular complexity index is 923. The molecule has 3 N–H and O–H groups in total. The van der Waals surface area contributed by atoms with Gasteiger partial charge in [0.05, 0.1) is 19.8 Å². The van der Waals surface area contributed by atoms with Gasteiger partial charge in [0.15, 0.2) is 11.5 Å². The van der Waals surface area contributed by atoms with Crippen LogP contribution in [0.2, 0.25) is 0 Å². The molecule has 12 nitrogen and oxygen atoms in total. The molecule has 1 atom stereocenters. The number of urea groups is 1. The molecule has 1 aromatic rings. The van der Waals surface area contributed by atoms with Crippen molar-refractivity contribution in [2.75, 3.05) is 38.4 Å². The number of aromatic nitrogens is 1. The Hall–Kier alpha value is -3.49. The van der Waals surface area contributed by atoms with Gasteiger partial charge in [-0.25, -0.2) is 24.8 Å². The number of hydrogen-bond donors (Lipinski definition) is 3. The number of amides is 4. The monoisotopic (exact) mass is 493 g/mol. The number of anilines is 1. The second-order valence-corrected chi connectivity index (χ2v) is 8.21. The summed E-state index contributed by atoms with van der Waals surface area (Å²) in [5, 5.41) is 19.3. The Morgan fingerprint density at radius 2 is 1.88 bits per heavy atom. The number of nitrogens with zero attached hydrogens (tertiary/aromatic N) is 4. The molecule has 0 aliphatic carbocycles. The smallest absolute Gasteiger partial charge is 0.437 e. The number of ether oxygens (including phenoxy) is 2. The van der Waals surface area contributed by atoms with Crippen molar-refractivity contribution >= 4 is 24.0 Å². The zero-order chi connectivity index (χ0) is 25.8. The lowest BCUT2D eigenvalue weighted by Gasteiger charge is -2.41. The molecule has 190 valence electrons. The van der Waals surface area contributed by atoms with Crippen molar-refractivity contribution < 1.29 is 47.2 Å². The van der Waals surface area contributed by atoms with E-state index in [4.69, 9.17) is 9.47 Å². The minimum Gasteiger partial charge on any atom is -0.494 e. The summed E-state index contributed by atoms with van der Waals surface area (Å²) < 4.78 is 50.3. The number of rotatable bonds is 3. The molecule has 1 saturated heterocycles. The number of hydrazine groups is 1. The van der Waals surface area contributed by atoms with Gasteiger partial charge in [0.1, 0.15) is 11.4 Å². The number of carboxylic acid groups (broad SMARTS) is 1. The summed E-state index contributed by atoms with van der Waals surface area (Å²) in [6.07, 6.45) is -7.36. The molecule has 34 heavy (non-hydrogen) atoms. The van der Waals surface area contributed by atoms with E-state index in [1.54, 1.807) is 20.8 Å². The highest BCUT2D eigenvalue weighted by Crippen LogP contribution is 2.36. The number of carbonyl (C=O) groups is 3. The van der Waals surface area contributed by atoms with Crippen LogP contribution in [0.15, 0.2) is 12.1 Å². The van der Waals surface area contributed by atoms with Crippen LogP contribution < -0.4 is 15.2 Å². The number of hydrogen-bond acceptors (Lipinski definition) is 7. The second kappa shape index (κ2) is 10.2. The highest BCUT2D eigenvalue weighted by atomic mass is 19.4. The summed E-state index contributed by atoms with van der Waals surface area (Å²) in [6, 6.07) is -0.139. The first kappa shape index (κ1) is 26.8. The van der Waals surface area contributed by atoms with Gasteiger partial charge >= 0.3 is 24.4 Å². The van der Waals surface area contributed by atoms with Crippen LogP contribution in [-0.4, -0.2) is 88.2 Å². The lowest BCUT2D eigenvalue weighted by atomic mass is 10.2. The number of methoxy groups -OCH3 is 1. The van der Waals surface area contributed by atoms with Crippen molar-refractivity contribution in [1.29, 1.82) is 0 Å². The molecule has 0 radical (unpaired) electrons. The highest BCUT2D eigenvalue weighted by Gasteiger charge is 2.40. The van der Waals surface area contributed by atoms with E-state index in [9.17, 15) is 37.8 Å². The lowest BCUT2D eigenvalue weighted by Crippen LogP contribution is -2.63. The van der Waals surface area contributed by atoms with E-state index in [0.717, 1.165) is 29.0 Å². The summed E-state index contributed by atoms with van der Waals surface area (Å²) in [6.45, 7) is 3.41. The maximum atomic E-state index is 13.5. The molecule has 1 unspecified atom stereocenters. The minimum atomic E-state index is -4.94. The molecule has 1 fully saturated rings. The van der Waals surface area contributed by atoms with Crippen LogP contribution in [0.25, 0.3) is 0 Å². The third-order valence-corrected chi connectivity index (χ3v) is 4.56. The minimum absolute atomic E-state index is 0.123. The molecule has 4 amide bonds. The van der Waals surface area contributed by atoms with Gasteiger partial charge in [-0.05, 0) is 32.9 Å². The van der Waals surface area contributed by atoms with Gasteiger partial charge in [-0.2, -0.15) is 18.2 Å². The molecule has 15 heteroatoms. The zero-order valence-corrected chi connectivity index (χ0v) is 18.9. The number of alkyl halides is 3. The Labute approximate surface area is 192 Å². The van der Waals surface area contributed by atoms with Crippen molar-refractivity contribution in [1.82, 2.24) is 20.2 Å². The number of pyridine rings is 1. The molecule has 1 aromatic heterocycles. The quantitative estimate of drug-likeness (QED) is 0.543. The van der Waals surface area contributed by atoms with Crippen LogP contribution in [0.5, 0.6) is 5.75 Å². The number of halogens is 3. The molecule has 2 heterocycles. The SMILES string of the molecule is COc1ccc(N(NC(=O)OC(C)(C)C)C(=O)N2CCN(C(=O)O)CC2CO)nc1C(F)(F)F. The van der Waals surface area contributed by atoms with E-state index in [2.05, 4.69) is 10.4 Å². The van der Waals surface area contributed by atoms with Crippen LogP contribution in [-0.2, 0) is 10.9 Å². The predicted octanol–water partition coefficient (Wildman–Crippen LogP) is 2.13. The first-order valence-corrected chi connectivity index (χ1v) is 9.99. The highest BCUT2D eigenvalue weighted by molar-refractivity contribution is 5.93. The maximum absolute atomic E-state index is 13.5. The molecule has 0 spiro atoms. The van der Waals surface area contributed by atoms with Crippen LogP contribution in [0.3, 0.4) is 0 Å². The third kappa shape index (κ3) is 6.52. The Morgan fingerprint density at radius 1 is 1.24 bits per heavy atom. The van der Waals surface area contributed by atoms with Crippen molar-refractivity contribution in [2.45, 2.75) is 38.6 Å². The average molecular weight is 493 g/mol. The van der Waals surface area contributed by atoms with Gasteiger partial charge in [0.25, 0.3) is 0 Å². The van der Waals surface area contributed by atoms with E-state index in [1.165, 1.54) is 0 Å². The van der Waals surface area contributed by atoms with Gasteiger partial charge in [0, 0.05) is 19.6 Å². The summed E-state index contributed by atoms with van der Waals surface area (Å²) in [5.74, 6) is -1.22. The van der Waals surface area contributed by atoms with Crippen LogP contribution >= 0.6 is 0 Å². The average Bonchev–Trinajstić information content (AvgIpc) is 2.74. The fourth-order valence-corrected chi connectivity index (χ4v) is 3.09. The normalized spacial score (nSPS) is 16.6. The second-order valence-electron chi connectivity index (χ2n) is 8.21. The van der Waals surface area contributed by atoms with E-state index in [-0.39, 0.29) is 19.6 Å². The lowest BCUT2D eigenvalue weighted by molar-refractivity contribution is -0.142. The molecular weight excluding hydrogens is 467 g/mol.